The van der Waals surface area contributed by atoms with Crippen LogP contribution in [0.15, 0.2) is 30.3 Å². The molecular formula is C17H22FNO4. The average molecular weight is 323 g/mol. The fourth-order valence-electron chi connectivity index (χ4n) is 2.75. The molecule has 23 heavy (non-hydrogen) atoms. The van der Waals surface area contributed by atoms with Crippen molar-refractivity contribution in [2.45, 2.75) is 20.5 Å². The number of nitrogens with zero attached hydrogens (tertiary/aromatic N) is 1. The number of rotatable bonds is 5. The molecule has 0 aliphatic carbocycles. The van der Waals surface area contributed by atoms with Crippen LogP contribution in [0, 0.1) is 11.3 Å². The Bertz CT molecular complexity index is 551. The summed E-state index contributed by atoms with van der Waals surface area (Å²) in [5.41, 5.74) is -0.161. The molecule has 0 aromatic heterocycles. The molecule has 0 radical (unpaired) electrons. The van der Waals surface area contributed by atoms with Crippen molar-refractivity contribution in [3.8, 4) is 0 Å². The van der Waals surface area contributed by atoms with Crippen LogP contribution < -0.4 is 0 Å². The highest BCUT2D eigenvalue weighted by molar-refractivity contribution is 5.79. The second-order valence-corrected chi connectivity index (χ2v) is 5.91. The zero-order chi connectivity index (χ0) is 16.9. The van der Waals surface area contributed by atoms with Gasteiger partial charge in [0.05, 0.1) is 18.7 Å². The summed E-state index contributed by atoms with van der Waals surface area (Å²) in [7, 11) is 0. The van der Waals surface area contributed by atoms with Crippen LogP contribution in [0.25, 0.3) is 0 Å². The topological polar surface area (TPSA) is 55.8 Å². The summed E-state index contributed by atoms with van der Waals surface area (Å²) >= 11 is 0. The van der Waals surface area contributed by atoms with E-state index in [9.17, 15) is 14.0 Å². The molecule has 0 bridgehead atoms. The largest absolute Gasteiger partial charge is 0.466 e. The van der Waals surface area contributed by atoms with Gasteiger partial charge in [-0.05, 0) is 19.4 Å². The van der Waals surface area contributed by atoms with Crippen molar-refractivity contribution in [2.24, 2.45) is 11.3 Å². The lowest BCUT2D eigenvalue weighted by Gasteiger charge is -2.25. The van der Waals surface area contributed by atoms with E-state index in [1.165, 1.54) is 4.90 Å². The molecule has 6 heteroatoms. The van der Waals surface area contributed by atoms with Crippen molar-refractivity contribution >= 4 is 12.1 Å². The molecule has 126 valence electrons. The number of amides is 1. The molecule has 0 spiro atoms. The van der Waals surface area contributed by atoms with E-state index in [2.05, 4.69) is 0 Å². The van der Waals surface area contributed by atoms with Gasteiger partial charge in [-0.1, -0.05) is 30.3 Å². The van der Waals surface area contributed by atoms with Crippen LogP contribution in [0.4, 0.5) is 9.18 Å². The molecular weight excluding hydrogens is 301 g/mol. The maximum absolute atomic E-state index is 13.3. The minimum Gasteiger partial charge on any atom is -0.466 e. The third kappa shape index (κ3) is 3.81. The Morgan fingerprint density at radius 2 is 2.00 bits per heavy atom. The van der Waals surface area contributed by atoms with Crippen molar-refractivity contribution in [1.82, 2.24) is 4.90 Å². The normalized spacial score (nSPS) is 23.6. The van der Waals surface area contributed by atoms with Crippen LogP contribution in [0.5, 0.6) is 0 Å². The summed E-state index contributed by atoms with van der Waals surface area (Å²) in [6, 6.07) is 9.29. The van der Waals surface area contributed by atoms with Gasteiger partial charge in [-0.25, -0.2) is 4.79 Å². The van der Waals surface area contributed by atoms with Crippen LogP contribution in [-0.4, -0.2) is 43.3 Å². The lowest BCUT2D eigenvalue weighted by Crippen LogP contribution is -2.39. The highest BCUT2D eigenvalue weighted by Crippen LogP contribution is 2.37. The van der Waals surface area contributed by atoms with Crippen LogP contribution >= 0.6 is 0 Å². The summed E-state index contributed by atoms with van der Waals surface area (Å²) in [5.74, 6) is -1.05. The zero-order valence-corrected chi connectivity index (χ0v) is 13.5. The van der Waals surface area contributed by atoms with E-state index in [0.29, 0.717) is 0 Å². The number of hydrogen-bond donors (Lipinski definition) is 0. The van der Waals surface area contributed by atoms with Gasteiger partial charge < -0.3 is 14.4 Å². The molecule has 0 N–H and O–H groups in total. The highest BCUT2D eigenvalue weighted by atomic mass is 19.1. The zero-order valence-electron chi connectivity index (χ0n) is 13.5. The molecule has 1 aromatic rings. The first-order valence-electron chi connectivity index (χ1n) is 7.70. The number of likely N-dealkylation sites (tertiary alicyclic amines) is 1. The summed E-state index contributed by atoms with van der Waals surface area (Å²) in [4.78, 5) is 25.7. The maximum Gasteiger partial charge on any atom is 0.410 e. The number of benzene rings is 1. The minimum absolute atomic E-state index is 0.105. The lowest BCUT2D eigenvalue weighted by molar-refractivity contribution is -0.156. The minimum atomic E-state index is -1.03. The number of carbonyl (C=O) groups is 2. The predicted octanol–water partition coefficient (Wildman–Crippen LogP) is 2.79. The van der Waals surface area contributed by atoms with Crippen molar-refractivity contribution in [2.75, 3.05) is 26.4 Å². The van der Waals surface area contributed by atoms with E-state index >= 15 is 0 Å². The lowest BCUT2D eigenvalue weighted by atomic mass is 9.81. The molecule has 5 nitrogen and oxygen atoms in total. The molecule has 2 atom stereocenters. The van der Waals surface area contributed by atoms with E-state index in [0.717, 1.165) is 5.56 Å². The predicted molar refractivity (Wildman–Crippen MR) is 82.4 cm³/mol. The molecule has 1 saturated heterocycles. The SMILES string of the molecule is CCOC(=O)[C@]1(C)CN(C(=O)OCc2ccccc2)C[C@H]1CF. The van der Waals surface area contributed by atoms with Gasteiger partial charge in [0, 0.05) is 19.0 Å². The average Bonchev–Trinajstić information content (AvgIpc) is 2.92. The Morgan fingerprint density at radius 3 is 2.61 bits per heavy atom. The van der Waals surface area contributed by atoms with Crippen molar-refractivity contribution in [3.63, 3.8) is 0 Å². The fraction of sp³-hybridized carbons (Fsp3) is 0.529. The fourth-order valence-corrected chi connectivity index (χ4v) is 2.75. The Morgan fingerprint density at radius 1 is 1.30 bits per heavy atom. The van der Waals surface area contributed by atoms with E-state index in [-0.39, 0.29) is 26.3 Å². The first-order valence-corrected chi connectivity index (χ1v) is 7.70. The van der Waals surface area contributed by atoms with Gasteiger partial charge in [0.2, 0.25) is 0 Å². The third-order valence-electron chi connectivity index (χ3n) is 4.25. The molecule has 1 aliphatic rings. The quantitative estimate of drug-likeness (QED) is 0.782. The Kier molecular flexibility index (Phi) is 5.58. The smallest absolute Gasteiger partial charge is 0.410 e. The molecule has 1 aromatic carbocycles. The third-order valence-corrected chi connectivity index (χ3v) is 4.25. The molecule has 0 unspecified atom stereocenters. The van der Waals surface area contributed by atoms with Crippen molar-refractivity contribution < 1.29 is 23.5 Å². The number of esters is 1. The van der Waals surface area contributed by atoms with Crippen LogP contribution in [-0.2, 0) is 20.9 Å². The van der Waals surface area contributed by atoms with Gasteiger partial charge in [-0.3, -0.25) is 9.18 Å². The number of halogens is 1. The molecule has 2 rings (SSSR count). The summed E-state index contributed by atoms with van der Waals surface area (Å²) in [6.45, 7) is 3.29. The Balaban J connectivity index is 1.98. The monoisotopic (exact) mass is 323 g/mol. The molecule has 1 fully saturated rings. The van der Waals surface area contributed by atoms with Crippen LogP contribution in [0.3, 0.4) is 0 Å². The highest BCUT2D eigenvalue weighted by Gasteiger charge is 2.51. The van der Waals surface area contributed by atoms with Crippen LogP contribution in [0.2, 0.25) is 0 Å². The van der Waals surface area contributed by atoms with Gasteiger partial charge in [-0.15, -0.1) is 0 Å². The van der Waals surface area contributed by atoms with Crippen molar-refractivity contribution in [1.29, 1.82) is 0 Å². The summed E-state index contributed by atoms with van der Waals surface area (Å²) in [6.07, 6.45) is -0.541. The molecule has 0 saturated carbocycles. The first kappa shape index (κ1) is 17.2. The van der Waals surface area contributed by atoms with Gasteiger partial charge >= 0.3 is 12.1 Å². The van der Waals surface area contributed by atoms with E-state index in [1.54, 1.807) is 13.8 Å². The summed E-state index contributed by atoms with van der Waals surface area (Å²) in [5, 5.41) is 0. The van der Waals surface area contributed by atoms with Crippen LogP contribution in [0.1, 0.15) is 19.4 Å². The number of hydrogen-bond acceptors (Lipinski definition) is 4. The first-order chi connectivity index (χ1) is 11.0. The van der Waals surface area contributed by atoms with E-state index in [4.69, 9.17) is 9.47 Å². The number of alkyl halides is 1. The second kappa shape index (κ2) is 7.44. The Hall–Kier alpha value is -2.11. The van der Waals surface area contributed by atoms with Gasteiger partial charge in [-0.2, -0.15) is 0 Å². The molecule has 1 aliphatic heterocycles. The van der Waals surface area contributed by atoms with Gasteiger partial charge in [0.25, 0.3) is 0 Å². The van der Waals surface area contributed by atoms with E-state index < -0.39 is 30.1 Å². The van der Waals surface area contributed by atoms with Gasteiger partial charge in [0.15, 0.2) is 0 Å². The number of ether oxygens (including phenoxy) is 2. The second-order valence-electron chi connectivity index (χ2n) is 5.91. The molecule has 1 heterocycles. The van der Waals surface area contributed by atoms with E-state index in [1.807, 2.05) is 30.3 Å². The van der Waals surface area contributed by atoms with Crippen molar-refractivity contribution in [3.05, 3.63) is 35.9 Å². The standard InChI is InChI=1S/C17H22FNO4/c1-3-22-15(20)17(2)12-19(10-14(17)9-18)16(21)23-11-13-7-5-4-6-8-13/h4-8,14H,3,9-12H2,1-2H3/t14-,17-/m1/s1. The number of carbonyl (C=O) groups excluding carboxylic acids is 2. The molecule has 1 amide bonds. The Labute approximate surface area is 135 Å². The summed E-state index contributed by atoms with van der Waals surface area (Å²) < 4.78 is 23.6. The van der Waals surface area contributed by atoms with Gasteiger partial charge in [0.1, 0.15) is 6.61 Å². The maximum atomic E-state index is 13.3.